The van der Waals surface area contributed by atoms with Crippen LogP contribution in [0.3, 0.4) is 0 Å². The Balaban J connectivity index is 2.29. The Kier molecular flexibility index (Phi) is 2.46. The number of carboxylic acids is 1. The molecule has 14 heavy (non-hydrogen) atoms. The third-order valence-corrected chi connectivity index (χ3v) is 2.77. The van der Waals surface area contributed by atoms with Crippen LogP contribution in [0, 0.1) is 5.92 Å². The van der Waals surface area contributed by atoms with Gasteiger partial charge in [-0.25, -0.2) is 0 Å². The van der Waals surface area contributed by atoms with Crippen LogP contribution in [0.4, 0.5) is 0 Å². The van der Waals surface area contributed by atoms with Crippen LogP contribution < -0.4 is 4.74 Å². The highest BCUT2D eigenvalue weighted by atomic mass is 79.9. The second kappa shape index (κ2) is 3.61. The van der Waals surface area contributed by atoms with E-state index in [1.54, 1.807) is 0 Å². The van der Waals surface area contributed by atoms with E-state index in [4.69, 9.17) is 9.84 Å². The molecule has 0 aromatic heterocycles. The van der Waals surface area contributed by atoms with Gasteiger partial charge >= 0.3 is 5.97 Å². The first kappa shape index (κ1) is 9.52. The quantitative estimate of drug-likeness (QED) is 0.837. The lowest BCUT2D eigenvalue weighted by Crippen LogP contribution is -2.27. The Labute approximate surface area is 89.8 Å². The van der Waals surface area contributed by atoms with Crippen molar-refractivity contribution in [3.8, 4) is 5.75 Å². The Morgan fingerprint density at radius 2 is 2.36 bits per heavy atom. The van der Waals surface area contributed by atoms with E-state index in [9.17, 15) is 4.79 Å². The van der Waals surface area contributed by atoms with Gasteiger partial charge in [-0.3, -0.25) is 4.79 Å². The average molecular weight is 257 g/mol. The van der Waals surface area contributed by atoms with Gasteiger partial charge in [-0.05, 0) is 30.2 Å². The zero-order valence-electron chi connectivity index (χ0n) is 7.37. The highest BCUT2D eigenvalue weighted by Crippen LogP contribution is 2.29. The van der Waals surface area contributed by atoms with Crippen LogP contribution in [-0.2, 0) is 11.2 Å². The smallest absolute Gasteiger partial charge is 0.310 e. The van der Waals surface area contributed by atoms with E-state index in [2.05, 4.69) is 15.9 Å². The first-order valence-corrected chi connectivity index (χ1v) is 5.10. The van der Waals surface area contributed by atoms with Crippen molar-refractivity contribution < 1.29 is 14.6 Å². The summed E-state index contributed by atoms with van der Waals surface area (Å²) in [5, 5.41) is 8.84. The fourth-order valence-corrected chi connectivity index (χ4v) is 1.93. The van der Waals surface area contributed by atoms with E-state index in [0.717, 1.165) is 15.8 Å². The van der Waals surface area contributed by atoms with Gasteiger partial charge in [-0.2, -0.15) is 0 Å². The van der Waals surface area contributed by atoms with Gasteiger partial charge in [-0.1, -0.05) is 15.9 Å². The molecule has 0 saturated carbocycles. The van der Waals surface area contributed by atoms with Crippen LogP contribution in [0.1, 0.15) is 5.56 Å². The highest BCUT2D eigenvalue weighted by molar-refractivity contribution is 9.10. The molecule has 1 aliphatic heterocycles. The zero-order chi connectivity index (χ0) is 10.1. The van der Waals surface area contributed by atoms with Gasteiger partial charge in [0, 0.05) is 4.47 Å². The SMILES string of the molecule is O=C(O)[C@@H]1COc2ccc(Br)cc2C1. The summed E-state index contributed by atoms with van der Waals surface area (Å²) in [4.78, 5) is 10.8. The Bertz CT molecular complexity index is 376. The molecule has 2 rings (SSSR count). The van der Waals surface area contributed by atoms with Crippen LogP contribution in [0.2, 0.25) is 0 Å². The molecule has 1 aromatic rings. The maximum atomic E-state index is 10.8. The Hall–Kier alpha value is -1.03. The third-order valence-electron chi connectivity index (χ3n) is 2.28. The largest absolute Gasteiger partial charge is 0.492 e. The number of hydrogen-bond donors (Lipinski definition) is 1. The number of hydrogen-bond acceptors (Lipinski definition) is 2. The fourth-order valence-electron chi connectivity index (χ4n) is 1.52. The van der Waals surface area contributed by atoms with Crippen molar-refractivity contribution in [2.24, 2.45) is 5.92 Å². The number of carbonyl (C=O) groups is 1. The maximum Gasteiger partial charge on any atom is 0.310 e. The fraction of sp³-hybridized carbons (Fsp3) is 0.300. The topological polar surface area (TPSA) is 46.5 Å². The first-order chi connectivity index (χ1) is 6.66. The summed E-state index contributed by atoms with van der Waals surface area (Å²) in [5.41, 5.74) is 0.957. The molecule has 0 aliphatic carbocycles. The lowest BCUT2D eigenvalue weighted by Gasteiger charge is -2.22. The summed E-state index contributed by atoms with van der Waals surface area (Å²) in [5.74, 6) is -0.418. The molecule has 1 N–H and O–H groups in total. The summed E-state index contributed by atoms with van der Waals surface area (Å²) < 4.78 is 6.30. The van der Waals surface area contributed by atoms with E-state index in [1.165, 1.54) is 0 Å². The third kappa shape index (κ3) is 1.75. The monoisotopic (exact) mass is 256 g/mol. The minimum Gasteiger partial charge on any atom is -0.492 e. The minimum absolute atomic E-state index is 0.268. The predicted octanol–water partition coefficient (Wildman–Crippen LogP) is 2.08. The molecule has 1 heterocycles. The summed E-state index contributed by atoms with van der Waals surface area (Å²) in [6, 6.07) is 5.65. The maximum absolute atomic E-state index is 10.8. The van der Waals surface area contributed by atoms with Crippen LogP contribution in [-0.4, -0.2) is 17.7 Å². The van der Waals surface area contributed by atoms with Crippen LogP contribution >= 0.6 is 15.9 Å². The molecule has 0 spiro atoms. The van der Waals surface area contributed by atoms with Crippen molar-refractivity contribution in [2.45, 2.75) is 6.42 Å². The number of rotatable bonds is 1. The first-order valence-electron chi connectivity index (χ1n) is 4.31. The summed E-state index contributed by atoms with van der Waals surface area (Å²) in [6.07, 6.45) is 0.546. The number of aliphatic carboxylic acids is 1. The van der Waals surface area contributed by atoms with Crippen molar-refractivity contribution in [2.75, 3.05) is 6.61 Å². The second-order valence-corrected chi connectivity index (χ2v) is 4.22. The van der Waals surface area contributed by atoms with Gasteiger partial charge in [0.25, 0.3) is 0 Å². The predicted molar refractivity (Wildman–Crippen MR) is 54.5 cm³/mol. The molecule has 1 aromatic carbocycles. The molecule has 74 valence electrons. The molecule has 4 heteroatoms. The second-order valence-electron chi connectivity index (χ2n) is 3.30. The van der Waals surface area contributed by atoms with Gasteiger partial charge in [-0.15, -0.1) is 0 Å². The molecule has 0 bridgehead atoms. The molecule has 1 aliphatic rings. The van der Waals surface area contributed by atoms with E-state index < -0.39 is 11.9 Å². The molecule has 0 amide bonds. The molecule has 3 nitrogen and oxygen atoms in total. The number of halogens is 1. The highest BCUT2D eigenvalue weighted by Gasteiger charge is 2.25. The lowest BCUT2D eigenvalue weighted by atomic mass is 9.97. The number of fused-ring (bicyclic) bond motifs is 1. The van der Waals surface area contributed by atoms with Crippen molar-refractivity contribution in [1.29, 1.82) is 0 Å². The summed E-state index contributed by atoms with van der Waals surface area (Å²) in [6.45, 7) is 0.268. The summed E-state index contributed by atoms with van der Waals surface area (Å²) in [7, 11) is 0. The normalized spacial score (nSPS) is 19.6. The van der Waals surface area contributed by atoms with Gasteiger partial charge < -0.3 is 9.84 Å². The summed E-state index contributed by atoms with van der Waals surface area (Å²) >= 11 is 3.34. The van der Waals surface area contributed by atoms with Crippen molar-refractivity contribution in [1.82, 2.24) is 0 Å². The molecule has 0 fully saturated rings. The van der Waals surface area contributed by atoms with E-state index in [-0.39, 0.29) is 6.61 Å². The number of ether oxygens (including phenoxy) is 1. The van der Waals surface area contributed by atoms with Crippen LogP contribution in [0.5, 0.6) is 5.75 Å². The van der Waals surface area contributed by atoms with Crippen molar-refractivity contribution in [3.63, 3.8) is 0 Å². The van der Waals surface area contributed by atoms with E-state index in [0.29, 0.717) is 6.42 Å². The molecular weight excluding hydrogens is 248 g/mol. The Morgan fingerprint density at radius 1 is 1.57 bits per heavy atom. The van der Waals surface area contributed by atoms with Gasteiger partial charge in [0.05, 0.1) is 5.92 Å². The van der Waals surface area contributed by atoms with Crippen molar-refractivity contribution in [3.05, 3.63) is 28.2 Å². The van der Waals surface area contributed by atoms with Crippen molar-refractivity contribution >= 4 is 21.9 Å². The minimum atomic E-state index is -0.796. The van der Waals surface area contributed by atoms with Gasteiger partial charge in [0.15, 0.2) is 0 Å². The number of benzene rings is 1. The lowest BCUT2D eigenvalue weighted by molar-refractivity contribution is -0.143. The zero-order valence-corrected chi connectivity index (χ0v) is 8.95. The van der Waals surface area contributed by atoms with Gasteiger partial charge in [0.1, 0.15) is 12.4 Å². The number of carboxylic acid groups (broad SMARTS) is 1. The molecule has 0 radical (unpaired) electrons. The van der Waals surface area contributed by atoms with E-state index >= 15 is 0 Å². The standard InChI is InChI=1S/C10H9BrO3/c11-8-1-2-9-6(4-8)3-7(5-14-9)10(12)13/h1-2,4,7H,3,5H2,(H,12,13)/t7-/m0/s1. The molecule has 0 unspecified atom stereocenters. The molecular formula is C10H9BrO3. The van der Waals surface area contributed by atoms with E-state index in [1.807, 2.05) is 18.2 Å². The molecule has 1 atom stereocenters. The Morgan fingerprint density at radius 3 is 3.07 bits per heavy atom. The van der Waals surface area contributed by atoms with Crippen LogP contribution in [0.25, 0.3) is 0 Å². The average Bonchev–Trinajstić information content (AvgIpc) is 2.16. The van der Waals surface area contributed by atoms with Gasteiger partial charge in [0.2, 0.25) is 0 Å². The van der Waals surface area contributed by atoms with Crippen LogP contribution in [0.15, 0.2) is 22.7 Å². The molecule has 0 saturated heterocycles.